The number of amides is 8. The van der Waals surface area contributed by atoms with E-state index < -0.39 is 193 Å². The Morgan fingerprint density at radius 1 is 0.919 bits per heavy atom. The number of H-pyrrole nitrogens is 1. The van der Waals surface area contributed by atoms with Gasteiger partial charge in [0.1, 0.15) is 35.1 Å². The molecule has 1 aromatic heterocycles. The Morgan fingerprint density at radius 3 is 2.24 bits per heavy atom. The molecule has 5 rings (SSSR count). The highest BCUT2D eigenvalue weighted by atomic mass is 32.2. The van der Waals surface area contributed by atoms with Crippen LogP contribution in [0.25, 0.3) is 10.9 Å². The van der Waals surface area contributed by atoms with E-state index in [4.69, 9.17) is 15.2 Å². The number of aromatic amines is 1. The Bertz CT molecular complexity index is 2500. The van der Waals surface area contributed by atoms with Crippen molar-refractivity contribution in [2.45, 2.75) is 127 Å². The number of nitrogens with one attached hydrogen (secondary N) is 7. The maximum Gasteiger partial charge on any atom is 0.407 e. The first-order valence-electron chi connectivity index (χ1n) is 24.5. The van der Waals surface area contributed by atoms with Gasteiger partial charge in [-0.3, -0.25) is 47.4 Å². The third kappa shape index (κ3) is 15.5. The van der Waals surface area contributed by atoms with Crippen molar-refractivity contribution >= 4 is 80.7 Å². The number of carbonyl (C=O) groups excluding carboxylic acids is 10. The quantitative estimate of drug-likeness (QED) is 0.103. The molecule has 1 saturated heterocycles. The van der Waals surface area contributed by atoms with Crippen LogP contribution in [0.5, 0.6) is 5.75 Å². The number of aromatic nitrogens is 1. The lowest BCUT2D eigenvalue weighted by molar-refractivity contribution is -0.145. The molecule has 2 bridgehead atoms. The average Bonchev–Trinajstić information content (AvgIpc) is 3.91. The van der Waals surface area contributed by atoms with Gasteiger partial charge in [0.25, 0.3) is 0 Å². The zero-order valence-electron chi connectivity index (χ0n) is 42.3. The molecule has 8 amide bonds. The van der Waals surface area contributed by atoms with E-state index in [0.29, 0.717) is 11.8 Å². The van der Waals surface area contributed by atoms with Crippen molar-refractivity contribution in [3.8, 4) is 5.75 Å². The number of hydrogen-bond acceptors (Lipinski definition) is 16. The number of Topliss-reactive ketones (excluding diaryl/α,β-unsaturated/α-hetero) is 2. The van der Waals surface area contributed by atoms with Gasteiger partial charge in [-0.25, -0.2) is 4.79 Å². The number of carbonyl (C=O) groups is 10. The molecule has 1 fully saturated rings. The van der Waals surface area contributed by atoms with E-state index >= 15 is 0 Å². The van der Waals surface area contributed by atoms with E-state index in [0.717, 1.165) is 4.90 Å². The average molecular weight is 1060 g/mol. The summed E-state index contributed by atoms with van der Waals surface area (Å²) in [5.74, 6) is -13.6. The second kappa shape index (κ2) is 25.6. The molecule has 1 aromatic carbocycles. The molecule has 3 aliphatic heterocycles. The van der Waals surface area contributed by atoms with Gasteiger partial charge in [0, 0.05) is 55.5 Å². The van der Waals surface area contributed by atoms with Crippen molar-refractivity contribution in [2.24, 2.45) is 29.4 Å². The summed E-state index contributed by atoms with van der Waals surface area (Å²) in [6.07, 6.45) is -6.36. The molecule has 0 saturated carbocycles. The summed E-state index contributed by atoms with van der Waals surface area (Å²) in [5.41, 5.74) is 5.27. The molecule has 408 valence electrons. The van der Waals surface area contributed by atoms with Crippen LogP contribution in [0.4, 0.5) is 4.79 Å². The van der Waals surface area contributed by atoms with E-state index in [1.54, 1.807) is 46.8 Å². The lowest BCUT2D eigenvalue weighted by Crippen LogP contribution is -2.56. The molecule has 11 atom stereocenters. The fraction of sp³-hybridized carbons (Fsp3) is 0.625. The molecule has 25 nitrogen and oxygen atoms in total. The number of rotatable bonds is 11. The number of benzene rings is 1. The largest absolute Gasteiger partial charge is 0.492 e. The standard InChI is InChI=1S/C48H69N9O16S/c1-7-23(2)40-44(68)52-18-38(64)53-32-22-74(71)45-30(29-9-8-28(17-31(29)54-45)72-11-10-50-47(70)73-48(4,5)6)12-25(42(66)51-19-39(65)55-40)13-35(61)41(24(3)36(62)21-58)56-43(67)33-16-27(59)20-57(33)46(69)26(14-34(32)60)15-37(49)63/h8-9,17,23-27,32-33,36,40-41,54,58-59,62H,7,10-16,18-22H2,1-6H3,(H2,49,63)(H,50,70)(H,51,66)(H,52,68)(H,53,64)(H,55,65)(H,56,67)/t23-,24-,25?,26-,27?,32?,33-,36-,40-,41-,74+/m0/s1. The summed E-state index contributed by atoms with van der Waals surface area (Å²) >= 11 is 0. The van der Waals surface area contributed by atoms with Crippen LogP contribution in [0.3, 0.4) is 0 Å². The summed E-state index contributed by atoms with van der Waals surface area (Å²) in [4.78, 5) is 142. The van der Waals surface area contributed by atoms with E-state index in [1.165, 1.54) is 13.0 Å². The monoisotopic (exact) mass is 1060 g/mol. The normalized spacial score (nSPS) is 26.5. The SMILES string of the molecule is CC[C@H](C)[C@@H]1NC(=O)CNC(=O)C2CC(=O)[C@H]([C@@H](C)[C@@H](O)CO)NC(=O)[C@@H]3CC(O)CN3C(=O)[C@H](CC(N)=O)CC(=O)C(C[S@@](=O)c3[nH]c4cc(OCCNC(=O)OC(C)(C)C)ccc4c3C2)NC(=O)CNC1=O. The van der Waals surface area contributed by atoms with Crippen LogP contribution in [0.2, 0.25) is 0 Å². The Hall–Kier alpha value is -6.51. The van der Waals surface area contributed by atoms with E-state index in [1.807, 2.05) is 0 Å². The van der Waals surface area contributed by atoms with E-state index in [2.05, 4.69) is 36.9 Å². The summed E-state index contributed by atoms with van der Waals surface area (Å²) in [6, 6.07) is -1.52. The first-order chi connectivity index (χ1) is 34.8. The number of aliphatic hydroxyl groups excluding tert-OH is 3. The lowest BCUT2D eigenvalue weighted by Gasteiger charge is -2.32. The first kappa shape index (κ1) is 58.4. The van der Waals surface area contributed by atoms with Crippen LogP contribution in [-0.2, 0) is 65.1 Å². The molecule has 3 aliphatic rings. The third-order valence-electron chi connectivity index (χ3n) is 13.1. The molecular formula is C48H69N9O16S. The molecule has 74 heavy (non-hydrogen) atoms. The number of nitrogens with zero attached hydrogens (tertiary/aromatic N) is 1. The van der Waals surface area contributed by atoms with E-state index in [9.17, 15) is 67.5 Å². The Labute approximate surface area is 429 Å². The van der Waals surface area contributed by atoms with Crippen molar-refractivity contribution in [1.82, 2.24) is 41.8 Å². The summed E-state index contributed by atoms with van der Waals surface area (Å²) in [6.45, 7) is 7.06. The number of aliphatic hydroxyl groups is 3. The molecule has 12 N–H and O–H groups in total. The van der Waals surface area contributed by atoms with E-state index in [-0.39, 0.29) is 41.4 Å². The van der Waals surface area contributed by atoms with Gasteiger partial charge in [-0.05, 0) is 50.8 Å². The zero-order valence-corrected chi connectivity index (χ0v) is 43.1. The predicted molar refractivity (Wildman–Crippen MR) is 263 cm³/mol. The van der Waals surface area contributed by atoms with Crippen LogP contribution in [0.1, 0.15) is 79.2 Å². The van der Waals surface area contributed by atoms with Crippen molar-refractivity contribution in [2.75, 3.05) is 45.1 Å². The highest BCUT2D eigenvalue weighted by molar-refractivity contribution is 7.85. The minimum atomic E-state index is -2.36. The molecule has 4 heterocycles. The Morgan fingerprint density at radius 2 is 1.59 bits per heavy atom. The Kier molecular flexibility index (Phi) is 20.2. The minimum Gasteiger partial charge on any atom is -0.492 e. The molecule has 0 radical (unpaired) electrons. The van der Waals surface area contributed by atoms with Gasteiger partial charge in [-0.15, -0.1) is 0 Å². The fourth-order valence-electron chi connectivity index (χ4n) is 8.98. The minimum absolute atomic E-state index is 0.0312. The van der Waals surface area contributed by atoms with Gasteiger partial charge < -0.3 is 72.3 Å². The first-order valence-corrected chi connectivity index (χ1v) is 25.8. The van der Waals surface area contributed by atoms with Gasteiger partial charge in [0.15, 0.2) is 11.6 Å². The van der Waals surface area contributed by atoms with Crippen LogP contribution < -0.4 is 42.4 Å². The lowest BCUT2D eigenvalue weighted by atomic mass is 9.85. The zero-order chi connectivity index (χ0) is 54.8. The number of alkyl carbamates (subject to hydrolysis) is 1. The molecular weight excluding hydrogens is 991 g/mol. The number of fused-ring (bicyclic) bond motifs is 5. The number of nitrogens with two attached hydrogens (primary N) is 1. The highest BCUT2D eigenvalue weighted by Gasteiger charge is 2.45. The number of hydrogen-bond donors (Lipinski definition) is 11. The van der Waals surface area contributed by atoms with Crippen LogP contribution in [-0.4, -0.2) is 176 Å². The number of ether oxygens (including phenoxy) is 2. The van der Waals surface area contributed by atoms with Gasteiger partial charge >= 0.3 is 6.09 Å². The van der Waals surface area contributed by atoms with Crippen molar-refractivity contribution in [3.05, 3.63) is 23.8 Å². The van der Waals surface area contributed by atoms with Crippen molar-refractivity contribution in [1.29, 1.82) is 0 Å². The molecule has 0 aliphatic carbocycles. The maximum atomic E-state index is 15.0. The Balaban J connectivity index is 1.70. The molecule has 26 heteroatoms. The van der Waals surface area contributed by atoms with Gasteiger partial charge in [-0.1, -0.05) is 27.2 Å². The molecule has 0 spiro atoms. The highest BCUT2D eigenvalue weighted by Crippen LogP contribution is 2.33. The topological polar surface area (TPSA) is 384 Å². The number of ketones is 2. The molecule has 3 unspecified atom stereocenters. The van der Waals surface area contributed by atoms with Gasteiger partial charge in [0.05, 0.1) is 78.5 Å². The number of primary amides is 1. The summed E-state index contributed by atoms with van der Waals surface area (Å²) in [7, 11) is -2.36. The predicted octanol–water partition coefficient (Wildman–Crippen LogP) is -2.54. The third-order valence-corrected chi connectivity index (χ3v) is 14.6. The summed E-state index contributed by atoms with van der Waals surface area (Å²) in [5, 5.41) is 47.1. The second-order valence-corrected chi connectivity index (χ2v) is 21.4. The molecule has 2 aromatic rings. The van der Waals surface area contributed by atoms with Crippen LogP contribution in [0, 0.1) is 23.7 Å². The second-order valence-electron chi connectivity index (χ2n) is 20.0. The van der Waals surface area contributed by atoms with Crippen molar-refractivity contribution in [3.63, 3.8) is 0 Å². The fourth-order valence-corrected chi connectivity index (χ4v) is 10.4. The van der Waals surface area contributed by atoms with Gasteiger partial charge in [0.2, 0.25) is 41.4 Å². The van der Waals surface area contributed by atoms with Crippen LogP contribution >= 0.6 is 0 Å². The van der Waals surface area contributed by atoms with Gasteiger partial charge in [-0.2, -0.15) is 0 Å². The van der Waals surface area contributed by atoms with Crippen LogP contribution in [0.15, 0.2) is 23.2 Å². The smallest absolute Gasteiger partial charge is 0.407 e. The maximum absolute atomic E-state index is 15.0. The van der Waals surface area contributed by atoms with Crippen molar-refractivity contribution < 1.29 is 76.9 Å². The summed E-state index contributed by atoms with van der Waals surface area (Å²) < 4.78 is 26.1.